The minimum absolute atomic E-state index is 0.00489. The van der Waals surface area contributed by atoms with E-state index in [0.29, 0.717) is 16.1 Å². The molecule has 6 nitrogen and oxygen atoms in total. The molecule has 1 atom stereocenters. The van der Waals surface area contributed by atoms with Crippen molar-refractivity contribution in [1.82, 2.24) is 15.2 Å². The van der Waals surface area contributed by atoms with Gasteiger partial charge in [0.05, 0.1) is 10.0 Å². The van der Waals surface area contributed by atoms with E-state index < -0.39 is 0 Å². The Hall–Kier alpha value is -1.08. The molecule has 1 amide bonds. The summed E-state index contributed by atoms with van der Waals surface area (Å²) in [7, 11) is 1.57. The first-order valence-corrected chi connectivity index (χ1v) is 11.3. The van der Waals surface area contributed by atoms with Gasteiger partial charge in [0.25, 0.3) is 0 Å². The highest BCUT2D eigenvalue weighted by Crippen LogP contribution is 2.28. The zero-order chi connectivity index (χ0) is 20.8. The van der Waals surface area contributed by atoms with Gasteiger partial charge in [0.15, 0.2) is 0 Å². The number of halogens is 2. The highest BCUT2D eigenvalue weighted by Gasteiger charge is 2.25. The Kier molecular flexibility index (Phi) is 8.42. The molecule has 1 aliphatic heterocycles. The number of aromatic nitrogens is 1. The van der Waals surface area contributed by atoms with E-state index >= 15 is 0 Å². The molecule has 0 unspecified atom stereocenters. The molecule has 1 aliphatic carbocycles. The van der Waals surface area contributed by atoms with Crippen molar-refractivity contribution in [3.63, 3.8) is 0 Å². The van der Waals surface area contributed by atoms with Crippen LogP contribution in [0.25, 0.3) is 0 Å². The average Bonchev–Trinajstić information content (AvgIpc) is 2.75. The van der Waals surface area contributed by atoms with E-state index in [0.717, 1.165) is 57.3 Å². The summed E-state index contributed by atoms with van der Waals surface area (Å²) in [6.07, 6.45) is 7.03. The number of carbonyl (C=O) groups is 1. The van der Waals surface area contributed by atoms with E-state index in [-0.39, 0.29) is 12.0 Å². The molecule has 1 saturated heterocycles. The quantitative estimate of drug-likeness (QED) is 0.698. The van der Waals surface area contributed by atoms with Gasteiger partial charge in [-0.1, -0.05) is 23.2 Å². The number of methoxy groups -OCH3 is 1. The van der Waals surface area contributed by atoms with E-state index in [1.165, 1.54) is 19.3 Å². The highest BCUT2D eigenvalue weighted by atomic mass is 35.5. The van der Waals surface area contributed by atoms with Gasteiger partial charge in [-0.15, -0.1) is 0 Å². The van der Waals surface area contributed by atoms with Crippen LogP contribution in [0.1, 0.15) is 39.0 Å². The summed E-state index contributed by atoms with van der Waals surface area (Å²) < 4.78 is 5.09. The van der Waals surface area contributed by atoms with Crippen molar-refractivity contribution in [2.75, 3.05) is 44.7 Å². The largest absolute Gasteiger partial charge is 0.372 e. The number of pyridine rings is 1. The second-order valence-corrected chi connectivity index (χ2v) is 8.99. The summed E-state index contributed by atoms with van der Waals surface area (Å²) in [5.41, 5.74) is 0. The van der Waals surface area contributed by atoms with Gasteiger partial charge in [-0.2, -0.15) is 0 Å². The standard InChI is InChI=1S/C21H32Cl2N4O2/c1-15(29-2)21(28)25-17-5-3-16(4-6-17)7-8-26-9-11-27(12-10-26)20-13-18(22)19(23)14-24-20/h13-17H,3-12H2,1-2H3,(H,25,28)/t15-,16?,17?/m0/s1. The maximum absolute atomic E-state index is 12.0. The van der Waals surface area contributed by atoms with Crippen molar-refractivity contribution >= 4 is 34.9 Å². The summed E-state index contributed by atoms with van der Waals surface area (Å²) in [5, 5.41) is 4.17. The third-order valence-electron chi connectivity index (χ3n) is 6.26. The average molecular weight is 443 g/mol. The normalized spacial score (nSPS) is 24.3. The lowest BCUT2D eigenvalue weighted by Crippen LogP contribution is -2.47. The number of piperazine rings is 1. The summed E-state index contributed by atoms with van der Waals surface area (Å²) in [4.78, 5) is 21.2. The van der Waals surface area contributed by atoms with Crippen LogP contribution < -0.4 is 10.2 Å². The molecule has 162 valence electrons. The summed E-state index contributed by atoms with van der Waals surface area (Å²) in [6, 6.07) is 2.16. The summed E-state index contributed by atoms with van der Waals surface area (Å²) in [5.74, 6) is 1.67. The van der Waals surface area contributed by atoms with Crippen LogP contribution in [0.4, 0.5) is 5.82 Å². The number of rotatable bonds is 7. The first kappa shape index (κ1) is 22.6. The highest BCUT2D eigenvalue weighted by molar-refractivity contribution is 6.42. The number of hydrogen-bond donors (Lipinski definition) is 1. The number of hydrogen-bond acceptors (Lipinski definition) is 5. The molecule has 0 aromatic carbocycles. The van der Waals surface area contributed by atoms with Gasteiger partial charge in [-0.25, -0.2) is 4.98 Å². The molecule has 0 radical (unpaired) electrons. The van der Waals surface area contributed by atoms with E-state index in [1.54, 1.807) is 20.2 Å². The van der Waals surface area contributed by atoms with Gasteiger partial charge in [-0.3, -0.25) is 9.69 Å². The number of nitrogens with one attached hydrogen (secondary N) is 1. The maximum Gasteiger partial charge on any atom is 0.249 e. The lowest BCUT2D eigenvalue weighted by atomic mass is 9.84. The number of ether oxygens (including phenoxy) is 1. The van der Waals surface area contributed by atoms with Crippen LogP contribution >= 0.6 is 23.2 Å². The van der Waals surface area contributed by atoms with Crippen LogP contribution in [0.15, 0.2) is 12.3 Å². The van der Waals surface area contributed by atoms with E-state index in [1.807, 2.05) is 6.07 Å². The van der Waals surface area contributed by atoms with Gasteiger partial charge in [0.1, 0.15) is 11.9 Å². The van der Waals surface area contributed by atoms with Gasteiger partial charge < -0.3 is 15.0 Å². The smallest absolute Gasteiger partial charge is 0.249 e. The zero-order valence-corrected chi connectivity index (χ0v) is 18.9. The second kappa shape index (κ2) is 10.8. The minimum Gasteiger partial charge on any atom is -0.372 e. The third-order valence-corrected chi connectivity index (χ3v) is 6.97. The molecule has 29 heavy (non-hydrogen) atoms. The fourth-order valence-corrected chi connectivity index (χ4v) is 4.41. The van der Waals surface area contributed by atoms with Crippen molar-refractivity contribution in [2.45, 2.75) is 51.2 Å². The van der Waals surface area contributed by atoms with Crippen LogP contribution in [0.2, 0.25) is 10.0 Å². The third kappa shape index (κ3) is 6.45. The van der Waals surface area contributed by atoms with Gasteiger partial charge in [0.2, 0.25) is 5.91 Å². The zero-order valence-electron chi connectivity index (χ0n) is 17.4. The van der Waals surface area contributed by atoms with Crippen molar-refractivity contribution in [3.8, 4) is 0 Å². The van der Waals surface area contributed by atoms with Crippen LogP contribution in [0, 0.1) is 5.92 Å². The molecule has 0 spiro atoms. The monoisotopic (exact) mass is 442 g/mol. The first-order valence-electron chi connectivity index (χ1n) is 10.6. The van der Waals surface area contributed by atoms with Crippen molar-refractivity contribution in [2.24, 2.45) is 5.92 Å². The SMILES string of the molecule is CO[C@@H](C)C(=O)NC1CCC(CCN2CCN(c3cc(Cl)c(Cl)cn3)CC2)CC1. The molecule has 1 aromatic heterocycles. The Morgan fingerprint density at radius 3 is 2.52 bits per heavy atom. The van der Waals surface area contributed by atoms with E-state index in [4.69, 9.17) is 27.9 Å². The Morgan fingerprint density at radius 2 is 1.90 bits per heavy atom. The molecule has 3 rings (SSSR count). The van der Waals surface area contributed by atoms with Crippen molar-refractivity contribution < 1.29 is 9.53 Å². The van der Waals surface area contributed by atoms with Crippen molar-refractivity contribution in [1.29, 1.82) is 0 Å². The Balaban J connectivity index is 1.34. The Labute approximate surface area is 183 Å². The van der Waals surface area contributed by atoms with Crippen molar-refractivity contribution in [3.05, 3.63) is 22.3 Å². The predicted octanol–water partition coefficient (Wildman–Crippen LogP) is 3.61. The number of carbonyl (C=O) groups excluding carboxylic acids is 1. The molecular weight excluding hydrogens is 411 g/mol. The van der Waals surface area contributed by atoms with Gasteiger partial charge in [-0.05, 0) is 51.5 Å². The minimum atomic E-state index is -0.370. The number of anilines is 1. The van der Waals surface area contributed by atoms with E-state index in [2.05, 4.69) is 20.1 Å². The van der Waals surface area contributed by atoms with Crippen LogP contribution in [-0.2, 0) is 9.53 Å². The maximum atomic E-state index is 12.0. The molecule has 0 bridgehead atoms. The van der Waals surface area contributed by atoms with Crippen LogP contribution in [0.3, 0.4) is 0 Å². The van der Waals surface area contributed by atoms with Crippen LogP contribution in [-0.4, -0.2) is 67.8 Å². The number of amides is 1. The fraction of sp³-hybridized carbons (Fsp3) is 0.714. The molecule has 2 fully saturated rings. The molecule has 1 N–H and O–H groups in total. The van der Waals surface area contributed by atoms with Gasteiger partial charge in [0, 0.05) is 51.6 Å². The number of nitrogens with zero attached hydrogens (tertiary/aromatic N) is 3. The molecule has 2 aliphatic rings. The second-order valence-electron chi connectivity index (χ2n) is 8.18. The molecule has 8 heteroatoms. The van der Waals surface area contributed by atoms with E-state index in [9.17, 15) is 4.79 Å². The molecular formula is C21H32Cl2N4O2. The lowest BCUT2D eigenvalue weighted by Gasteiger charge is -2.37. The molecule has 1 aromatic rings. The summed E-state index contributed by atoms with van der Waals surface area (Å²) >= 11 is 12.1. The molecule has 2 heterocycles. The fourth-order valence-electron chi connectivity index (χ4n) is 4.16. The van der Waals surface area contributed by atoms with Crippen LogP contribution in [0.5, 0.6) is 0 Å². The molecule has 1 saturated carbocycles. The lowest BCUT2D eigenvalue weighted by molar-refractivity contribution is -0.131. The predicted molar refractivity (Wildman–Crippen MR) is 118 cm³/mol. The van der Waals surface area contributed by atoms with Gasteiger partial charge >= 0.3 is 0 Å². The Bertz CT molecular complexity index is 675. The summed E-state index contributed by atoms with van der Waals surface area (Å²) in [6.45, 7) is 6.94. The Morgan fingerprint density at radius 1 is 1.21 bits per heavy atom. The first-order chi connectivity index (χ1) is 14.0. The topological polar surface area (TPSA) is 57.7 Å².